The number of rotatable bonds is 7. The van der Waals surface area contributed by atoms with E-state index in [4.69, 9.17) is 23.2 Å². The average Bonchev–Trinajstić information content (AvgIpc) is 3.18. The lowest BCUT2D eigenvalue weighted by molar-refractivity contribution is 0.785. The molecule has 0 aromatic carbocycles. The zero-order valence-electron chi connectivity index (χ0n) is 16.4. The summed E-state index contributed by atoms with van der Waals surface area (Å²) in [6, 6.07) is 1.83. The molecule has 0 aliphatic heterocycles. The van der Waals surface area contributed by atoms with Crippen LogP contribution in [-0.2, 0) is 20.6 Å². The van der Waals surface area contributed by atoms with E-state index in [0.29, 0.717) is 35.8 Å². The van der Waals surface area contributed by atoms with Crippen LogP contribution in [0.4, 0.5) is 5.82 Å². The Morgan fingerprint density at radius 2 is 1.97 bits per heavy atom. The Morgan fingerprint density at radius 3 is 2.66 bits per heavy atom. The van der Waals surface area contributed by atoms with Crippen molar-refractivity contribution in [2.45, 2.75) is 13.5 Å². The molecular formula is C17H24Cl2IN9. The lowest BCUT2D eigenvalue weighted by Gasteiger charge is -2.12. The minimum Gasteiger partial charge on any atom is -0.368 e. The van der Waals surface area contributed by atoms with Crippen molar-refractivity contribution in [1.82, 2.24) is 34.9 Å². The summed E-state index contributed by atoms with van der Waals surface area (Å²) >= 11 is 12.2. The summed E-state index contributed by atoms with van der Waals surface area (Å²) in [6.45, 7) is 4.56. The molecule has 3 aromatic rings. The second kappa shape index (κ2) is 10.8. The van der Waals surface area contributed by atoms with Gasteiger partial charge in [-0.25, -0.2) is 15.0 Å². The van der Waals surface area contributed by atoms with Crippen LogP contribution in [0.1, 0.15) is 12.6 Å². The number of hydrogen-bond acceptors (Lipinski definition) is 5. The third kappa shape index (κ3) is 5.64. The highest BCUT2D eigenvalue weighted by Gasteiger charge is 2.09. The smallest absolute Gasteiger partial charge is 0.191 e. The summed E-state index contributed by atoms with van der Waals surface area (Å²) < 4.78 is 3.55. The van der Waals surface area contributed by atoms with Gasteiger partial charge in [0.2, 0.25) is 0 Å². The monoisotopic (exact) mass is 551 g/mol. The van der Waals surface area contributed by atoms with E-state index in [1.54, 1.807) is 10.9 Å². The molecule has 9 nitrogen and oxygen atoms in total. The van der Waals surface area contributed by atoms with Gasteiger partial charge in [0.05, 0.1) is 23.2 Å². The Balaban J connectivity index is 0.00000300. The highest BCUT2D eigenvalue weighted by molar-refractivity contribution is 14.0. The van der Waals surface area contributed by atoms with Crippen molar-refractivity contribution in [2.75, 3.05) is 25.0 Å². The number of aryl methyl sites for hydroxylation is 1. The molecule has 29 heavy (non-hydrogen) atoms. The van der Waals surface area contributed by atoms with E-state index >= 15 is 0 Å². The van der Waals surface area contributed by atoms with Crippen LogP contribution in [0.3, 0.4) is 0 Å². The van der Waals surface area contributed by atoms with Crippen LogP contribution in [-0.4, -0.2) is 49.9 Å². The first-order chi connectivity index (χ1) is 13.5. The fourth-order valence-electron chi connectivity index (χ4n) is 2.71. The van der Waals surface area contributed by atoms with Crippen molar-refractivity contribution < 1.29 is 0 Å². The van der Waals surface area contributed by atoms with Crippen LogP contribution in [0, 0.1) is 0 Å². The van der Waals surface area contributed by atoms with Gasteiger partial charge < -0.3 is 20.5 Å². The Hall–Kier alpha value is -1.79. The molecule has 3 rings (SSSR count). The van der Waals surface area contributed by atoms with Gasteiger partial charge in [-0.3, -0.25) is 4.68 Å². The standard InChI is InChI=1S/C17H23Cl2N9.HI/c1-4-20-17(23-8-11-7-13(18)14(19)27(11)2)22-6-5-21-15-12-9-26-28(3)16(12)25-10-24-15;/h7,9-10H,4-6,8H2,1-3H3,(H2,20,22,23)(H,21,24,25);1H. The molecule has 3 heterocycles. The normalized spacial score (nSPS) is 11.4. The van der Waals surface area contributed by atoms with E-state index in [1.807, 2.05) is 31.7 Å². The SMILES string of the molecule is CCNC(=NCc1cc(Cl)c(Cl)n1C)NCCNc1ncnc2c1cnn2C.I. The molecule has 0 bridgehead atoms. The van der Waals surface area contributed by atoms with Crippen molar-refractivity contribution in [3.05, 3.63) is 34.5 Å². The van der Waals surface area contributed by atoms with Gasteiger partial charge in [-0.2, -0.15) is 5.10 Å². The van der Waals surface area contributed by atoms with E-state index < -0.39 is 0 Å². The minimum atomic E-state index is 0. The molecule has 0 radical (unpaired) electrons. The molecule has 0 saturated heterocycles. The second-order valence-corrected chi connectivity index (χ2v) is 6.88. The molecule has 0 amide bonds. The molecule has 0 atom stereocenters. The molecule has 158 valence electrons. The highest BCUT2D eigenvalue weighted by Crippen LogP contribution is 2.25. The van der Waals surface area contributed by atoms with Crippen LogP contribution in [0.15, 0.2) is 23.6 Å². The van der Waals surface area contributed by atoms with Crippen LogP contribution in [0.2, 0.25) is 10.2 Å². The summed E-state index contributed by atoms with van der Waals surface area (Å²) in [6.07, 6.45) is 3.29. The van der Waals surface area contributed by atoms with Crippen molar-refractivity contribution in [1.29, 1.82) is 0 Å². The first-order valence-corrected chi connectivity index (χ1v) is 9.65. The molecule has 0 aliphatic carbocycles. The number of hydrogen-bond donors (Lipinski definition) is 3. The van der Waals surface area contributed by atoms with Crippen LogP contribution < -0.4 is 16.0 Å². The maximum atomic E-state index is 6.11. The second-order valence-electron chi connectivity index (χ2n) is 6.11. The van der Waals surface area contributed by atoms with Crippen molar-refractivity contribution >= 4 is 70.0 Å². The average molecular weight is 552 g/mol. The number of nitrogens with zero attached hydrogens (tertiary/aromatic N) is 6. The van der Waals surface area contributed by atoms with E-state index in [9.17, 15) is 0 Å². The molecule has 3 aromatic heterocycles. The fraction of sp³-hybridized carbons (Fsp3) is 0.412. The van der Waals surface area contributed by atoms with Gasteiger partial charge >= 0.3 is 0 Å². The third-order valence-corrected chi connectivity index (χ3v) is 5.04. The number of halogens is 3. The third-order valence-electron chi connectivity index (χ3n) is 4.20. The van der Waals surface area contributed by atoms with E-state index in [2.05, 4.69) is 36.0 Å². The molecule has 0 spiro atoms. The highest BCUT2D eigenvalue weighted by atomic mass is 127. The van der Waals surface area contributed by atoms with Gasteiger partial charge in [0.25, 0.3) is 0 Å². The Kier molecular flexibility index (Phi) is 8.78. The van der Waals surface area contributed by atoms with Crippen molar-refractivity contribution in [3.8, 4) is 0 Å². The molecule has 0 aliphatic rings. The summed E-state index contributed by atoms with van der Waals surface area (Å²) in [5.41, 5.74) is 1.73. The zero-order valence-corrected chi connectivity index (χ0v) is 20.3. The summed E-state index contributed by atoms with van der Waals surface area (Å²) in [7, 11) is 3.72. The summed E-state index contributed by atoms with van der Waals surface area (Å²) in [4.78, 5) is 13.1. The molecule has 0 saturated carbocycles. The number of aliphatic imine (C=N–C) groups is 1. The first-order valence-electron chi connectivity index (χ1n) is 8.89. The van der Waals surface area contributed by atoms with Gasteiger partial charge in [-0.1, -0.05) is 23.2 Å². The van der Waals surface area contributed by atoms with E-state index in [1.165, 1.54) is 6.33 Å². The maximum Gasteiger partial charge on any atom is 0.191 e. The fourth-order valence-corrected chi connectivity index (χ4v) is 3.12. The Bertz CT molecular complexity index is 983. The molecule has 3 N–H and O–H groups in total. The van der Waals surface area contributed by atoms with E-state index in [-0.39, 0.29) is 24.0 Å². The number of aromatic nitrogens is 5. The van der Waals surface area contributed by atoms with E-state index in [0.717, 1.165) is 29.1 Å². The topological polar surface area (TPSA) is 97.0 Å². The number of guanidine groups is 1. The van der Waals surface area contributed by atoms with Crippen LogP contribution >= 0.6 is 47.2 Å². The number of nitrogens with one attached hydrogen (secondary N) is 3. The molecule has 0 fully saturated rings. The summed E-state index contributed by atoms with van der Waals surface area (Å²) in [5, 5.41) is 16.0. The lowest BCUT2D eigenvalue weighted by Crippen LogP contribution is -2.39. The predicted octanol–water partition coefficient (Wildman–Crippen LogP) is 2.79. The van der Waals surface area contributed by atoms with Gasteiger partial charge in [0.1, 0.15) is 17.3 Å². The quantitative estimate of drug-likeness (QED) is 0.181. The van der Waals surface area contributed by atoms with Gasteiger partial charge in [0.15, 0.2) is 11.6 Å². The van der Waals surface area contributed by atoms with Crippen LogP contribution in [0.5, 0.6) is 0 Å². The molecular weight excluding hydrogens is 528 g/mol. The predicted molar refractivity (Wildman–Crippen MR) is 128 cm³/mol. The Labute approximate surface area is 196 Å². The molecule has 0 unspecified atom stereocenters. The minimum absolute atomic E-state index is 0. The van der Waals surface area contributed by atoms with Crippen LogP contribution in [0.25, 0.3) is 11.0 Å². The van der Waals surface area contributed by atoms with Crippen molar-refractivity contribution in [3.63, 3.8) is 0 Å². The van der Waals surface area contributed by atoms with Gasteiger partial charge in [-0.15, -0.1) is 24.0 Å². The van der Waals surface area contributed by atoms with Gasteiger partial charge in [-0.05, 0) is 13.0 Å². The number of fused-ring (bicyclic) bond motifs is 1. The van der Waals surface area contributed by atoms with Gasteiger partial charge in [0, 0.05) is 39.4 Å². The zero-order chi connectivity index (χ0) is 20.1. The summed E-state index contributed by atoms with van der Waals surface area (Å²) in [5.74, 6) is 1.47. The molecule has 12 heteroatoms. The Morgan fingerprint density at radius 1 is 1.17 bits per heavy atom. The largest absolute Gasteiger partial charge is 0.368 e. The van der Waals surface area contributed by atoms with Crippen molar-refractivity contribution in [2.24, 2.45) is 19.1 Å². The maximum absolute atomic E-state index is 6.11. The number of anilines is 1. The lowest BCUT2D eigenvalue weighted by atomic mass is 10.4. The first kappa shape index (κ1) is 23.5.